The average molecular weight is 367 g/mol. The van der Waals surface area contributed by atoms with Crippen molar-refractivity contribution in [3.05, 3.63) is 35.6 Å². The van der Waals surface area contributed by atoms with Crippen LogP contribution in [0.15, 0.2) is 22.7 Å². The number of aromatic nitrogens is 4. The number of nitrogens with one attached hydrogen (secondary N) is 1. The second-order valence-corrected chi connectivity index (χ2v) is 7.32. The summed E-state index contributed by atoms with van der Waals surface area (Å²) < 4.78 is 10.6. The Morgan fingerprint density at radius 2 is 2.04 bits per heavy atom. The number of fused-ring (bicyclic) bond motifs is 1. The van der Waals surface area contributed by atoms with Gasteiger partial charge in [-0.05, 0) is 43.9 Å². The number of ether oxygens (including phenoxy) is 1. The minimum absolute atomic E-state index is 0.0558. The first kappa shape index (κ1) is 16.3. The quantitative estimate of drug-likeness (QED) is 0.761. The molecular formula is C19H21N5O3. The molecule has 1 aromatic carbocycles. The van der Waals surface area contributed by atoms with Gasteiger partial charge in [-0.15, -0.1) is 0 Å². The molecule has 0 unspecified atom stereocenters. The summed E-state index contributed by atoms with van der Waals surface area (Å²) in [5.41, 5.74) is 1.27. The molecule has 1 aliphatic heterocycles. The predicted molar refractivity (Wildman–Crippen MR) is 96.8 cm³/mol. The van der Waals surface area contributed by atoms with Crippen molar-refractivity contribution in [2.75, 3.05) is 20.2 Å². The summed E-state index contributed by atoms with van der Waals surface area (Å²) in [6, 6.07) is 5.57. The molecule has 0 bridgehead atoms. The molecule has 0 radical (unpaired) electrons. The number of aromatic amines is 1. The molecule has 3 heterocycles. The van der Waals surface area contributed by atoms with Crippen molar-refractivity contribution in [1.82, 2.24) is 25.2 Å². The highest BCUT2D eigenvalue weighted by atomic mass is 16.5. The maximum Gasteiger partial charge on any atom is 0.274 e. The molecule has 1 saturated carbocycles. The molecule has 2 fully saturated rings. The van der Waals surface area contributed by atoms with Crippen LogP contribution in [0.3, 0.4) is 0 Å². The lowest BCUT2D eigenvalue weighted by atomic mass is 9.96. The van der Waals surface area contributed by atoms with Crippen LogP contribution in [0.1, 0.15) is 59.7 Å². The summed E-state index contributed by atoms with van der Waals surface area (Å²) in [4.78, 5) is 19.4. The predicted octanol–water partition coefficient (Wildman–Crippen LogP) is 2.85. The van der Waals surface area contributed by atoms with E-state index in [0.717, 1.165) is 48.3 Å². The Kier molecular flexibility index (Phi) is 3.84. The third-order valence-electron chi connectivity index (χ3n) is 5.50. The van der Waals surface area contributed by atoms with Crippen LogP contribution >= 0.6 is 0 Å². The Hall–Kier alpha value is -2.90. The van der Waals surface area contributed by atoms with E-state index in [4.69, 9.17) is 9.26 Å². The van der Waals surface area contributed by atoms with Crippen molar-refractivity contribution >= 4 is 16.8 Å². The SMILES string of the molecule is COc1ccc2[nH]nc(C(=O)N3CCC(c4noc(C5CC5)n4)CC3)c2c1. The highest BCUT2D eigenvalue weighted by Crippen LogP contribution is 2.39. The van der Waals surface area contributed by atoms with E-state index in [2.05, 4.69) is 20.3 Å². The smallest absolute Gasteiger partial charge is 0.274 e. The number of carbonyl (C=O) groups is 1. The lowest BCUT2D eigenvalue weighted by molar-refractivity contribution is 0.0706. The summed E-state index contributed by atoms with van der Waals surface area (Å²) >= 11 is 0. The van der Waals surface area contributed by atoms with Gasteiger partial charge in [-0.3, -0.25) is 9.89 Å². The van der Waals surface area contributed by atoms with E-state index in [1.165, 1.54) is 0 Å². The van der Waals surface area contributed by atoms with Crippen LogP contribution in [0, 0.1) is 0 Å². The maximum absolute atomic E-state index is 13.0. The summed E-state index contributed by atoms with van der Waals surface area (Å²) in [6.07, 6.45) is 3.97. The molecule has 8 nitrogen and oxygen atoms in total. The number of amides is 1. The third-order valence-corrected chi connectivity index (χ3v) is 5.50. The molecule has 1 N–H and O–H groups in total. The molecule has 0 spiro atoms. The van der Waals surface area contributed by atoms with Crippen LogP contribution in [0.4, 0.5) is 0 Å². The number of rotatable bonds is 4. The molecule has 1 amide bonds. The van der Waals surface area contributed by atoms with E-state index in [1.54, 1.807) is 7.11 Å². The Morgan fingerprint density at radius 3 is 2.78 bits per heavy atom. The van der Waals surface area contributed by atoms with Crippen molar-refractivity contribution in [3.8, 4) is 5.75 Å². The Morgan fingerprint density at radius 1 is 1.22 bits per heavy atom. The van der Waals surface area contributed by atoms with Gasteiger partial charge in [0.15, 0.2) is 11.5 Å². The zero-order chi connectivity index (χ0) is 18.4. The standard InChI is InChI=1S/C19H21N5O3/c1-26-13-4-5-15-14(10-13)16(22-21-15)19(25)24-8-6-11(7-9-24)17-20-18(27-23-17)12-2-3-12/h4-5,10-12H,2-3,6-9H2,1H3,(H,21,22). The highest BCUT2D eigenvalue weighted by molar-refractivity contribution is 6.05. The zero-order valence-corrected chi connectivity index (χ0v) is 15.1. The van der Waals surface area contributed by atoms with Crippen molar-refractivity contribution < 1.29 is 14.1 Å². The highest BCUT2D eigenvalue weighted by Gasteiger charge is 2.33. The van der Waals surface area contributed by atoms with Crippen LogP contribution in [0.25, 0.3) is 10.9 Å². The Bertz CT molecular complexity index is 982. The van der Waals surface area contributed by atoms with Gasteiger partial charge in [-0.2, -0.15) is 10.1 Å². The second kappa shape index (κ2) is 6.37. The molecule has 8 heteroatoms. The maximum atomic E-state index is 13.0. The average Bonchev–Trinajstić information content (AvgIpc) is 3.29. The fraction of sp³-hybridized carbons (Fsp3) is 0.474. The molecule has 1 saturated heterocycles. The third kappa shape index (κ3) is 2.94. The van der Waals surface area contributed by atoms with Crippen LogP contribution in [0.2, 0.25) is 0 Å². The molecule has 2 aromatic heterocycles. The summed E-state index contributed by atoms with van der Waals surface area (Å²) in [5, 5.41) is 12.1. The topological polar surface area (TPSA) is 97.1 Å². The van der Waals surface area contributed by atoms with Gasteiger partial charge < -0.3 is 14.2 Å². The molecule has 5 rings (SSSR count). The monoisotopic (exact) mass is 367 g/mol. The van der Waals surface area contributed by atoms with Crippen LogP contribution in [-0.2, 0) is 0 Å². The van der Waals surface area contributed by atoms with Crippen molar-refractivity contribution in [3.63, 3.8) is 0 Å². The van der Waals surface area contributed by atoms with Gasteiger partial charge in [0.25, 0.3) is 5.91 Å². The first-order valence-electron chi connectivity index (χ1n) is 9.38. The molecule has 0 atom stereocenters. The summed E-state index contributed by atoms with van der Waals surface area (Å²) in [5.74, 6) is 2.94. The fourth-order valence-corrected chi connectivity index (χ4v) is 3.68. The van der Waals surface area contributed by atoms with Gasteiger partial charge in [-0.25, -0.2) is 0 Å². The first-order valence-corrected chi connectivity index (χ1v) is 9.38. The van der Waals surface area contributed by atoms with Gasteiger partial charge in [0.05, 0.1) is 12.6 Å². The number of hydrogen-bond donors (Lipinski definition) is 1. The fourth-order valence-electron chi connectivity index (χ4n) is 3.68. The Balaban J connectivity index is 1.29. The van der Waals surface area contributed by atoms with Crippen molar-refractivity contribution in [2.24, 2.45) is 0 Å². The van der Waals surface area contributed by atoms with E-state index in [-0.39, 0.29) is 11.8 Å². The van der Waals surface area contributed by atoms with E-state index in [9.17, 15) is 4.79 Å². The van der Waals surface area contributed by atoms with Gasteiger partial charge in [0.2, 0.25) is 5.89 Å². The molecule has 140 valence electrons. The van der Waals surface area contributed by atoms with Gasteiger partial charge in [-0.1, -0.05) is 5.16 Å². The normalized spacial score (nSPS) is 18.2. The van der Waals surface area contributed by atoms with Gasteiger partial charge >= 0.3 is 0 Å². The van der Waals surface area contributed by atoms with Gasteiger partial charge in [0, 0.05) is 30.3 Å². The number of benzene rings is 1. The zero-order valence-electron chi connectivity index (χ0n) is 15.1. The minimum Gasteiger partial charge on any atom is -0.497 e. The Labute approximate surface area is 155 Å². The van der Waals surface area contributed by atoms with Crippen molar-refractivity contribution in [2.45, 2.75) is 37.5 Å². The molecule has 27 heavy (non-hydrogen) atoms. The largest absolute Gasteiger partial charge is 0.497 e. The first-order chi connectivity index (χ1) is 13.2. The van der Waals surface area contributed by atoms with Crippen LogP contribution in [-0.4, -0.2) is 51.3 Å². The van der Waals surface area contributed by atoms with Crippen molar-refractivity contribution in [1.29, 1.82) is 0 Å². The van der Waals surface area contributed by atoms with Crippen LogP contribution in [0.5, 0.6) is 5.75 Å². The second-order valence-electron chi connectivity index (χ2n) is 7.32. The molecule has 1 aliphatic carbocycles. The lowest BCUT2D eigenvalue weighted by Gasteiger charge is -2.30. The number of likely N-dealkylation sites (tertiary alicyclic amines) is 1. The van der Waals surface area contributed by atoms with E-state index in [1.807, 2.05) is 23.1 Å². The number of H-pyrrole nitrogens is 1. The lowest BCUT2D eigenvalue weighted by Crippen LogP contribution is -2.38. The summed E-state index contributed by atoms with van der Waals surface area (Å²) in [6.45, 7) is 1.32. The van der Waals surface area contributed by atoms with Gasteiger partial charge in [0.1, 0.15) is 5.75 Å². The number of nitrogens with zero attached hydrogens (tertiary/aromatic N) is 4. The number of hydrogen-bond acceptors (Lipinski definition) is 6. The molecule has 3 aromatic rings. The number of methoxy groups -OCH3 is 1. The minimum atomic E-state index is -0.0558. The molecular weight excluding hydrogens is 346 g/mol. The van der Waals surface area contributed by atoms with E-state index < -0.39 is 0 Å². The summed E-state index contributed by atoms with van der Waals surface area (Å²) in [7, 11) is 1.61. The van der Waals surface area contributed by atoms with E-state index >= 15 is 0 Å². The number of piperidine rings is 1. The molecule has 2 aliphatic rings. The van der Waals surface area contributed by atoms with E-state index in [0.29, 0.717) is 30.5 Å². The van der Waals surface area contributed by atoms with Crippen LogP contribution < -0.4 is 4.74 Å². The number of carbonyl (C=O) groups excluding carboxylic acids is 1.